The number of likely N-dealkylation sites (N-methyl/N-ethyl adjacent to an activating group) is 1. The lowest BCUT2D eigenvalue weighted by Crippen LogP contribution is -2.40. The van der Waals surface area contributed by atoms with E-state index in [4.69, 9.17) is 18.9 Å². The lowest BCUT2D eigenvalue weighted by molar-refractivity contribution is -0.870. The largest absolute Gasteiger partial charge is 0.477 e. The van der Waals surface area contributed by atoms with Gasteiger partial charge in [0.05, 0.1) is 34.4 Å². The molecule has 2 atom stereocenters. The molecule has 0 fully saturated rings. The molecule has 0 aliphatic carbocycles. The van der Waals surface area contributed by atoms with Crippen molar-refractivity contribution in [1.82, 2.24) is 0 Å². The molecule has 0 aliphatic rings. The highest BCUT2D eigenvalue weighted by atomic mass is 16.7. The van der Waals surface area contributed by atoms with E-state index < -0.39 is 18.4 Å². The fraction of sp³-hybridized carbons (Fsp3) is 0.768. The summed E-state index contributed by atoms with van der Waals surface area (Å²) >= 11 is 0. The maximum absolute atomic E-state index is 13.0. The number of ether oxygens (including phenoxy) is 4. The molecule has 0 aromatic rings. The third-order valence-electron chi connectivity index (χ3n) is 16.8. The van der Waals surface area contributed by atoms with Crippen molar-refractivity contribution in [2.75, 3.05) is 47.5 Å². The zero-order valence-corrected chi connectivity index (χ0v) is 60.2. The van der Waals surface area contributed by atoms with Crippen LogP contribution in [0, 0.1) is 0 Å². The first-order valence-corrected chi connectivity index (χ1v) is 38.4. The van der Waals surface area contributed by atoms with Crippen LogP contribution in [0.3, 0.4) is 0 Å². The van der Waals surface area contributed by atoms with Crippen LogP contribution in [0.2, 0.25) is 0 Å². The van der Waals surface area contributed by atoms with E-state index in [1.165, 1.54) is 238 Å². The van der Waals surface area contributed by atoms with E-state index >= 15 is 0 Å². The van der Waals surface area contributed by atoms with Crippen molar-refractivity contribution in [2.24, 2.45) is 0 Å². The zero-order valence-electron chi connectivity index (χ0n) is 60.2. The van der Waals surface area contributed by atoms with E-state index in [1.807, 2.05) is 21.1 Å². The molecule has 0 bridgehead atoms. The Hall–Kier alpha value is -3.79. The van der Waals surface area contributed by atoms with Crippen LogP contribution in [-0.4, -0.2) is 87.4 Å². The van der Waals surface area contributed by atoms with Gasteiger partial charge in [-0.3, -0.25) is 9.59 Å². The molecule has 0 saturated heterocycles. The molecule has 0 saturated carbocycles. The molecule has 0 aliphatic heterocycles. The Morgan fingerprint density at radius 1 is 0.341 bits per heavy atom. The molecule has 1 N–H and O–H groups in total. The van der Waals surface area contributed by atoms with Gasteiger partial charge < -0.3 is 28.5 Å². The number of hydrogen-bond donors (Lipinski definition) is 1. The predicted molar refractivity (Wildman–Crippen MR) is 392 cm³/mol. The standard InChI is InChI=1S/C82H145NO8/c1-6-8-10-12-14-16-18-20-22-24-26-28-30-32-34-35-36-37-38-39-40-41-42-43-44-45-47-49-51-53-55-57-59-61-63-65-67-69-71-73-80(85)91-78(77-90-82(81(86)87)88-75-74-83(3,4)5)76-89-79(84)72-70-68-66-64-62-60-58-56-54-52-50-48-46-33-31-29-27-25-23-21-19-17-15-13-11-9-7-2/h8,10,14,16,19-22,25-28,32,34,36-37,78,82H,6-7,9,11-13,15,17-18,23-24,29-31,33,35,38-77H2,1-5H3/p+1/b10-8-,16-14-,21-19-,22-20-,27-25-,28-26-,34-32-,37-36-. The highest BCUT2D eigenvalue weighted by Gasteiger charge is 2.25. The van der Waals surface area contributed by atoms with E-state index in [1.54, 1.807) is 0 Å². The van der Waals surface area contributed by atoms with Crippen molar-refractivity contribution < 1.29 is 42.9 Å². The number of esters is 2. The maximum atomic E-state index is 13.0. The molecule has 0 aromatic carbocycles. The van der Waals surface area contributed by atoms with Gasteiger partial charge in [0.25, 0.3) is 6.29 Å². The lowest BCUT2D eigenvalue weighted by atomic mass is 10.0. The first-order valence-electron chi connectivity index (χ1n) is 38.4. The van der Waals surface area contributed by atoms with Crippen molar-refractivity contribution in [1.29, 1.82) is 0 Å². The molecule has 0 radical (unpaired) electrons. The van der Waals surface area contributed by atoms with Gasteiger partial charge in [-0.05, 0) is 96.3 Å². The Morgan fingerprint density at radius 3 is 0.934 bits per heavy atom. The van der Waals surface area contributed by atoms with Gasteiger partial charge >= 0.3 is 17.9 Å². The SMILES string of the molecule is CC/C=C\C/C=C\C/C=C\C/C=C\C/C=C\C/C=C\CCCCCCCCCCCCCCCCCCCCCCC(=O)OC(COC(=O)CCCCCCCCCCCCCCCCC/C=C\C/C=C\CCCCCCC)COC(OCC[N+](C)(C)C)C(=O)O. The number of carboxylic acids is 1. The highest BCUT2D eigenvalue weighted by Crippen LogP contribution is 2.18. The molecule has 0 aromatic heterocycles. The molecule has 0 rings (SSSR count). The normalized spacial score (nSPS) is 13.2. The predicted octanol–water partition coefficient (Wildman–Crippen LogP) is 24.4. The van der Waals surface area contributed by atoms with Crippen LogP contribution in [0.5, 0.6) is 0 Å². The van der Waals surface area contributed by atoms with Gasteiger partial charge in [-0.1, -0.05) is 336 Å². The van der Waals surface area contributed by atoms with Crippen molar-refractivity contribution >= 4 is 17.9 Å². The minimum atomic E-state index is -1.51. The summed E-state index contributed by atoms with van der Waals surface area (Å²) in [6.07, 6.45) is 96.9. The molecular weight excluding hydrogens is 1130 g/mol. The van der Waals surface area contributed by atoms with Crippen LogP contribution in [0.25, 0.3) is 0 Å². The van der Waals surface area contributed by atoms with Crippen molar-refractivity contribution in [3.05, 3.63) is 97.2 Å². The quantitative estimate of drug-likeness (QED) is 0.0211. The molecule has 9 heteroatoms. The Morgan fingerprint density at radius 2 is 0.626 bits per heavy atom. The summed E-state index contributed by atoms with van der Waals surface area (Å²) in [5.74, 6) is -1.99. The fourth-order valence-electron chi connectivity index (χ4n) is 11.0. The highest BCUT2D eigenvalue weighted by molar-refractivity contribution is 5.71. The minimum absolute atomic E-state index is 0.181. The van der Waals surface area contributed by atoms with E-state index in [-0.39, 0.29) is 38.2 Å². The summed E-state index contributed by atoms with van der Waals surface area (Å²) in [7, 11) is 5.99. The number of rotatable bonds is 71. The number of carboxylic acid groups (broad SMARTS) is 1. The third kappa shape index (κ3) is 73.5. The van der Waals surface area contributed by atoms with Crippen LogP contribution >= 0.6 is 0 Å². The van der Waals surface area contributed by atoms with Gasteiger partial charge in [0, 0.05) is 12.8 Å². The van der Waals surface area contributed by atoms with Crippen LogP contribution in [0.4, 0.5) is 0 Å². The first-order chi connectivity index (χ1) is 44.6. The second-order valence-electron chi connectivity index (χ2n) is 26.9. The summed E-state index contributed by atoms with van der Waals surface area (Å²) in [4.78, 5) is 37.7. The van der Waals surface area contributed by atoms with Gasteiger partial charge in [-0.15, -0.1) is 0 Å². The Kier molecular flexibility index (Phi) is 69.0. The van der Waals surface area contributed by atoms with E-state index in [0.717, 1.165) is 83.5 Å². The number of aliphatic carboxylic acids is 1. The molecule has 2 unspecified atom stereocenters. The molecule has 9 nitrogen and oxygen atoms in total. The third-order valence-corrected chi connectivity index (χ3v) is 16.8. The Labute approximate surface area is 562 Å². The van der Waals surface area contributed by atoms with Crippen LogP contribution in [-0.2, 0) is 33.3 Å². The molecule has 0 amide bonds. The topological polar surface area (TPSA) is 108 Å². The number of allylic oxidation sites excluding steroid dienone is 16. The Bertz CT molecular complexity index is 1820. The van der Waals surface area contributed by atoms with Gasteiger partial charge in [0.15, 0.2) is 6.10 Å². The van der Waals surface area contributed by atoms with Gasteiger partial charge in [-0.25, -0.2) is 4.79 Å². The number of hydrogen-bond acceptors (Lipinski definition) is 7. The van der Waals surface area contributed by atoms with Gasteiger partial charge in [0.1, 0.15) is 13.2 Å². The molecular formula is C82H146NO8+. The first kappa shape index (κ1) is 87.2. The molecule has 526 valence electrons. The number of carbonyl (C=O) groups excluding carboxylic acids is 2. The average molecular weight is 1270 g/mol. The van der Waals surface area contributed by atoms with Crippen molar-refractivity contribution in [3.63, 3.8) is 0 Å². The minimum Gasteiger partial charge on any atom is -0.477 e. The summed E-state index contributed by atoms with van der Waals surface area (Å²) in [6, 6.07) is 0. The summed E-state index contributed by atoms with van der Waals surface area (Å²) in [6.45, 7) is 4.80. The smallest absolute Gasteiger partial charge is 0.361 e. The molecule has 0 heterocycles. The summed E-state index contributed by atoms with van der Waals surface area (Å²) < 4.78 is 23.0. The monoisotopic (exact) mass is 1270 g/mol. The Balaban J connectivity index is 4.02. The zero-order chi connectivity index (χ0) is 66.1. The van der Waals surface area contributed by atoms with Crippen molar-refractivity contribution in [2.45, 2.75) is 360 Å². The van der Waals surface area contributed by atoms with E-state index in [9.17, 15) is 19.5 Å². The van der Waals surface area contributed by atoms with E-state index in [2.05, 4.69) is 111 Å². The van der Waals surface area contributed by atoms with E-state index in [0.29, 0.717) is 17.4 Å². The number of quaternary nitrogens is 1. The fourth-order valence-corrected chi connectivity index (χ4v) is 11.0. The van der Waals surface area contributed by atoms with Crippen LogP contribution in [0.1, 0.15) is 348 Å². The number of unbranched alkanes of at least 4 members (excludes halogenated alkanes) is 40. The van der Waals surface area contributed by atoms with Crippen LogP contribution < -0.4 is 0 Å². The average Bonchev–Trinajstić information content (AvgIpc) is 3.46. The second-order valence-corrected chi connectivity index (χ2v) is 26.9. The summed E-state index contributed by atoms with van der Waals surface area (Å²) in [5, 5.41) is 9.77. The molecule has 0 spiro atoms. The number of carbonyl (C=O) groups is 3. The number of nitrogens with zero attached hydrogens (tertiary/aromatic N) is 1. The van der Waals surface area contributed by atoms with Crippen molar-refractivity contribution in [3.8, 4) is 0 Å². The summed E-state index contributed by atoms with van der Waals surface area (Å²) in [5.41, 5.74) is 0. The lowest BCUT2D eigenvalue weighted by Gasteiger charge is -2.25. The molecule has 91 heavy (non-hydrogen) atoms. The van der Waals surface area contributed by atoms with Crippen LogP contribution in [0.15, 0.2) is 97.2 Å². The van der Waals surface area contributed by atoms with Gasteiger partial charge in [0.2, 0.25) is 0 Å². The second kappa shape index (κ2) is 72.0. The van der Waals surface area contributed by atoms with Gasteiger partial charge in [-0.2, -0.15) is 0 Å². The maximum Gasteiger partial charge on any atom is 0.361 e.